The third-order valence-electron chi connectivity index (χ3n) is 2.93. The summed E-state index contributed by atoms with van der Waals surface area (Å²) in [4.78, 5) is 23.7. The van der Waals surface area contributed by atoms with Crippen molar-refractivity contribution < 1.29 is 18.0 Å². The number of benzene rings is 1. The number of carbonyl (C=O) groups is 2. The van der Waals surface area contributed by atoms with Crippen LogP contribution >= 0.6 is 0 Å². The highest BCUT2D eigenvalue weighted by Gasteiger charge is 2.10. The number of rotatable bonds is 7. The van der Waals surface area contributed by atoms with Gasteiger partial charge in [0.15, 0.2) is 0 Å². The van der Waals surface area contributed by atoms with E-state index in [1.54, 1.807) is 25.1 Å². The molecule has 1 aromatic carbocycles. The van der Waals surface area contributed by atoms with Crippen molar-refractivity contribution in [1.29, 1.82) is 0 Å². The quantitative estimate of drug-likeness (QED) is 0.541. The molecule has 134 valence electrons. The molecule has 0 aromatic heterocycles. The van der Waals surface area contributed by atoms with Crippen molar-refractivity contribution >= 4 is 27.6 Å². The highest BCUT2D eigenvalue weighted by Crippen LogP contribution is 2.16. The maximum absolute atomic E-state index is 11.9. The lowest BCUT2D eigenvalue weighted by Gasteiger charge is -2.12. The smallest absolute Gasteiger partial charge is 0.319 e. The van der Waals surface area contributed by atoms with Crippen LogP contribution in [-0.2, 0) is 10.0 Å². The summed E-state index contributed by atoms with van der Waals surface area (Å²) in [6.45, 7) is 5.81. The molecular weight excluding hydrogens is 332 g/mol. The summed E-state index contributed by atoms with van der Waals surface area (Å²) in [6, 6.07) is 4.57. The maximum Gasteiger partial charge on any atom is 0.319 e. The van der Waals surface area contributed by atoms with Crippen LogP contribution in [0.2, 0.25) is 0 Å². The molecule has 0 atom stereocenters. The summed E-state index contributed by atoms with van der Waals surface area (Å²) in [7, 11) is -3.27. The third-order valence-corrected chi connectivity index (χ3v) is 3.66. The molecule has 9 heteroatoms. The predicted octanol–water partition coefficient (Wildman–Crippen LogP) is 0.804. The Morgan fingerprint density at radius 3 is 2.38 bits per heavy atom. The maximum atomic E-state index is 11.9. The van der Waals surface area contributed by atoms with Crippen molar-refractivity contribution in [2.75, 3.05) is 24.7 Å². The van der Waals surface area contributed by atoms with E-state index in [2.05, 4.69) is 20.7 Å². The molecule has 0 saturated heterocycles. The van der Waals surface area contributed by atoms with Crippen LogP contribution in [0.4, 0.5) is 10.5 Å². The summed E-state index contributed by atoms with van der Waals surface area (Å²) in [5.41, 5.74) is 1.84. The lowest BCUT2D eigenvalue weighted by Crippen LogP contribution is -2.36. The first-order valence-electron chi connectivity index (χ1n) is 7.49. The molecule has 0 unspecified atom stereocenters. The molecule has 0 bridgehead atoms. The molecule has 0 aliphatic heterocycles. The van der Waals surface area contributed by atoms with Crippen molar-refractivity contribution in [1.82, 2.24) is 15.4 Å². The standard InChI is InChI=1S/C15H24N4O4S/c1-10(2)18-14(20)12-5-6-13(11(3)9-12)19-15(21)16-7-8-17-24(4,22)23/h5-6,9-10,17H,7-8H2,1-4H3,(H,18,20)(H2,16,19,21). The zero-order valence-electron chi connectivity index (χ0n) is 14.3. The number of nitrogens with one attached hydrogen (secondary N) is 4. The van der Waals surface area contributed by atoms with Crippen LogP contribution < -0.4 is 20.7 Å². The fourth-order valence-electron chi connectivity index (χ4n) is 1.87. The zero-order chi connectivity index (χ0) is 18.3. The van der Waals surface area contributed by atoms with E-state index in [1.807, 2.05) is 13.8 Å². The van der Waals surface area contributed by atoms with Gasteiger partial charge >= 0.3 is 6.03 Å². The van der Waals surface area contributed by atoms with Crippen LogP contribution in [-0.4, -0.2) is 45.7 Å². The van der Waals surface area contributed by atoms with Crippen LogP contribution in [0.25, 0.3) is 0 Å². The van der Waals surface area contributed by atoms with Crippen LogP contribution in [0.3, 0.4) is 0 Å². The fourth-order valence-corrected chi connectivity index (χ4v) is 2.34. The van der Waals surface area contributed by atoms with Gasteiger partial charge < -0.3 is 16.0 Å². The van der Waals surface area contributed by atoms with E-state index in [1.165, 1.54) is 0 Å². The van der Waals surface area contributed by atoms with Gasteiger partial charge in [-0.3, -0.25) is 4.79 Å². The monoisotopic (exact) mass is 356 g/mol. The van der Waals surface area contributed by atoms with Crippen molar-refractivity contribution in [2.45, 2.75) is 26.8 Å². The Kier molecular flexibility index (Phi) is 7.18. The predicted molar refractivity (Wildman–Crippen MR) is 93.6 cm³/mol. The van der Waals surface area contributed by atoms with Crippen LogP contribution in [0, 0.1) is 6.92 Å². The molecule has 3 amide bonds. The van der Waals surface area contributed by atoms with Gasteiger partial charge in [0.2, 0.25) is 10.0 Å². The summed E-state index contributed by atoms with van der Waals surface area (Å²) in [6.07, 6.45) is 1.05. The average molecular weight is 356 g/mol. The Morgan fingerprint density at radius 1 is 1.17 bits per heavy atom. The highest BCUT2D eigenvalue weighted by atomic mass is 32.2. The molecular formula is C15H24N4O4S. The number of aryl methyl sites for hydroxylation is 1. The minimum Gasteiger partial charge on any atom is -0.350 e. The molecule has 0 spiro atoms. The Bertz CT molecular complexity index is 701. The van der Waals surface area contributed by atoms with Gasteiger partial charge in [-0.15, -0.1) is 0 Å². The van der Waals surface area contributed by atoms with Crippen molar-refractivity contribution in [2.24, 2.45) is 0 Å². The van der Waals surface area contributed by atoms with E-state index < -0.39 is 16.1 Å². The van der Waals surface area contributed by atoms with E-state index in [-0.39, 0.29) is 25.0 Å². The average Bonchev–Trinajstić information content (AvgIpc) is 2.44. The molecule has 0 aliphatic rings. The molecule has 0 heterocycles. The zero-order valence-corrected chi connectivity index (χ0v) is 15.1. The summed E-state index contributed by atoms with van der Waals surface area (Å²) >= 11 is 0. The molecule has 0 aliphatic carbocycles. The Hall–Kier alpha value is -2.13. The first kappa shape index (κ1) is 19.9. The molecule has 1 aromatic rings. The minimum absolute atomic E-state index is 0.0435. The first-order chi connectivity index (χ1) is 11.1. The molecule has 8 nitrogen and oxygen atoms in total. The highest BCUT2D eigenvalue weighted by molar-refractivity contribution is 7.88. The van der Waals surface area contributed by atoms with Gasteiger partial charge in [-0.1, -0.05) is 0 Å². The second-order valence-corrected chi connectivity index (χ2v) is 7.54. The topological polar surface area (TPSA) is 116 Å². The minimum atomic E-state index is -3.27. The molecule has 0 fully saturated rings. The number of amides is 3. The number of hydrogen-bond donors (Lipinski definition) is 4. The molecule has 0 saturated carbocycles. The van der Waals surface area contributed by atoms with Crippen molar-refractivity contribution in [3.8, 4) is 0 Å². The van der Waals surface area contributed by atoms with Gasteiger partial charge in [0, 0.05) is 30.4 Å². The lowest BCUT2D eigenvalue weighted by atomic mass is 10.1. The summed E-state index contributed by atoms with van der Waals surface area (Å²) in [5, 5.41) is 7.99. The number of hydrogen-bond acceptors (Lipinski definition) is 4. The Labute approximate surface area is 142 Å². The largest absolute Gasteiger partial charge is 0.350 e. The van der Waals surface area contributed by atoms with E-state index in [9.17, 15) is 18.0 Å². The number of carbonyl (C=O) groups excluding carboxylic acids is 2. The molecule has 24 heavy (non-hydrogen) atoms. The number of urea groups is 1. The molecule has 1 rings (SSSR count). The fraction of sp³-hybridized carbons (Fsp3) is 0.467. The van der Waals surface area contributed by atoms with Gasteiger partial charge in [0.25, 0.3) is 5.91 Å². The second kappa shape index (κ2) is 8.65. The van der Waals surface area contributed by atoms with Gasteiger partial charge in [-0.25, -0.2) is 17.9 Å². The third kappa shape index (κ3) is 7.42. The van der Waals surface area contributed by atoms with Crippen LogP contribution in [0.5, 0.6) is 0 Å². The van der Waals surface area contributed by atoms with E-state index in [4.69, 9.17) is 0 Å². The van der Waals surface area contributed by atoms with Crippen LogP contribution in [0.1, 0.15) is 29.8 Å². The van der Waals surface area contributed by atoms with Crippen LogP contribution in [0.15, 0.2) is 18.2 Å². The second-order valence-electron chi connectivity index (χ2n) is 5.71. The van der Waals surface area contributed by atoms with Gasteiger partial charge in [-0.2, -0.15) is 0 Å². The lowest BCUT2D eigenvalue weighted by molar-refractivity contribution is 0.0943. The van der Waals surface area contributed by atoms with E-state index in [0.717, 1.165) is 11.8 Å². The number of sulfonamides is 1. The van der Waals surface area contributed by atoms with E-state index in [0.29, 0.717) is 11.3 Å². The Balaban J connectivity index is 2.56. The molecule has 0 radical (unpaired) electrons. The molecule has 4 N–H and O–H groups in total. The first-order valence-corrected chi connectivity index (χ1v) is 9.38. The SMILES string of the molecule is Cc1cc(C(=O)NC(C)C)ccc1NC(=O)NCCNS(C)(=O)=O. The van der Waals surface area contributed by atoms with Crippen molar-refractivity contribution in [3.05, 3.63) is 29.3 Å². The van der Waals surface area contributed by atoms with Gasteiger partial charge in [0.05, 0.1) is 6.26 Å². The van der Waals surface area contributed by atoms with Gasteiger partial charge in [0.1, 0.15) is 0 Å². The number of anilines is 1. The van der Waals surface area contributed by atoms with Gasteiger partial charge in [-0.05, 0) is 44.5 Å². The summed E-state index contributed by atoms with van der Waals surface area (Å²) in [5.74, 6) is -0.170. The normalized spacial score (nSPS) is 11.2. The van der Waals surface area contributed by atoms with E-state index >= 15 is 0 Å². The van der Waals surface area contributed by atoms with Crippen molar-refractivity contribution in [3.63, 3.8) is 0 Å². The Morgan fingerprint density at radius 2 is 1.83 bits per heavy atom. The summed E-state index contributed by atoms with van der Waals surface area (Å²) < 4.78 is 24.1.